The van der Waals surface area contributed by atoms with Gasteiger partial charge in [0.25, 0.3) is 5.91 Å². The van der Waals surface area contributed by atoms with Crippen LogP contribution in [0.1, 0.15) is 29.6 Å². The Kier molecular flexibility index (Phi) is 4.63. The van der Waals surface area contributed by atoms with Gasteiger partial charge in [-0.25, -0.2) is 0 Å². The van der Waals surface area contributed by atoms with Crippen molar-refractivity contribution < 1.29 is 4.79 Å². The number of halogens is 1. The van der Waals surface area contributed by atoms with Gasteiger partial charge in [0, 0.05) is 18.7 Å². The average molecular weight is 226 g/mol. The third-order valence-corrected chi connectivity index (χ3v) is 2.66. The molecule has 1 aliphatic heterocycles. The number of carbonyl (C=O) groups is 1. The quantitative estimate of drug-likeness (QED) is 0.720. The zero-order chi connectivity index (χ0) is 9.80. The van der Waals surface area contributed by atoms with Gasteiger partial charge < -0.3 is 4.90 Å². The molecule has 0 bridgehead atoms. The number of piperidine rings is 1. The Morgan fingerprint density at radius 3 is 2.20 bits per heavy atom. The molecule has 1 fully saturated rings. The van der Waals surface area contributed by atoms with Gasteiger partial charge in [-0.2, -0.15) is 0 Å². The molecule has 82 valence electrons. The van der Waals surface area contributed by atoms with E-state index in [9.17, 15) is 4.79 Å². The summed E-state index contributed by atoms with van der Waals surface area (Å²) >= 11 is 0. The average Bonchev–Trinajstić information content (AvgIpc) is 2.30. The fourth-order valence-electron chi connectivity index (χ4n) is 1.86. The third kappa shape index (κ3) is 2.96. The van der Waals surface area contributed by atoms with Gasteiger partial charge in [-0.15, -0.1) is 12.4 Å². The monoisotopic (exact) mass is 225 g/mol. The zero-order valence-electron chi connectivity index (χ0n) is 8.69. The normalized spacial score (nSPS) is 15.6. The minimum absolute atomic E-state index is 0. The topological polar surface area (TPSA) is 20.3 Å². The molecule has 0 N–H and O–H groups in total. The third-order valence-electron chi connectivity index (χ3n) is 2.66. The molecular weight excluding hydrogens is 210 g/mol. The first-order chi connectivity index (χ1) is 6.88. The van der Waals surface area contributed by atoms with Gasteiger partial charge >= 0.3 is 0 Å². The number of benzene rings is 1. The lowest BCUT2D eigenvalue weighted by atomic mass is 10.1. The van der Waals surface area contributed by atoms with E-state index >= 15 is 0 Å². The summed E-state index contributed by atoms with van der Waals surface area (Å²) in [5, 5.41) is 0. The van der Waals surface area contributed by atoms with Crippen molar-refractivity contribution in [2.75, 3.05) is 13.1 Å². The number of hydrogen-bond donors (Lipinski definition) is 0. The van der Waals surface area contributed by atoms with E-state index in [1.54, 1.807) is 0 Å². The molecule has 1 aliphatic rings. The summed E-state index contributed by atoms with van der Waals surface area (Å²) in [6.45, 7) is 1.85. The van der Waals surface area contributed by atoms with Crippen molar-refractivity contribution in [3.05, 3.63) is 35.9 Å². The summed E-state index contributed by atoms with van der Waals surface area (Å²) in [6, 6.07) is 9.54. The molecule has 0 atom stereocenters. The van der Waals surface area contributed by atoms with Crippen LogP contribution in [0.3, 0.4) is 0 Å². The minimum Gasteiger partial charge on any atom is -0.339 e. The molecule has 0 aromatic heterocycles. The first kappa shape index (κ1) is 12.1. The van der Waals surface area contributed by atoms with E-state index in [0.717, 1.165) is 31.5 Å². The van der Waals surface area contributed by atoms with E-state index in [1.807, 2.05) is 35.2 Å². The summed E-state index contributed by atoms with van der Waals surface area (Å²) in [7, 11) is 0. The second-order valence-electron chi connectivity index (χ2n) is 3.72. The maximum atomic E-state index is 11.9. The number of rotatable bonds is 1. The lowest BCUT2D eigenvalue weighted by Gasteiger charge is -2.26. The Hall–Kier alpha value is -1.02. The zero-order valence-corrected chi connectivity index (χ0v) is 9.50. The fraction of sp³-hybridized carbons (Fsp3) is 0.417. The van der Waals surface area contributed by atoms with Crippen LogP contribution < -0.4 is 0 Å². The van der Waals surface area contributed by atoms with Crippen LogP contribution in [-0.2, 0) is 0 Å². The molecule has 2 rings (SSSR count). The molecule has 1 amide bonds. The minimum atomic E-state index is 0. The molecule has 1 aromatic carbocycles. The van der Waals surface area contributed by atoms with Crippen molar-refractivity contribution in [3.8, 4) is 0 Å². The molecule has 1 saturated heterocycles. The molecule has 15 heavy (non-hydrogen) atoms. The Morgan fingerprint density at radius 1 is 1.00 bits per heavy atom. The van der Waals surface area contributed by atoms with E-state index in [4.69, 9.17) is 0 Å². The van der Waals surface area contributed by atoms with E-state index in [0.29, 0.717) is 0 Å². The smallest absolute Gasteiger partial charge is 0.253 e. The predicted octanol–water partition coefficient (Wildman–Crippen LogP) is 2.73. The van der Waals surface area contributed by atoms with Crippen LogP contribution in [0.25, 0.3) is 0 Å². The van der Waals surface area contributed by atoms with Gasteiger partial charge in [0.15, 0.2) is 0 Å². The molecule has 2 nitrogen and oxygen atoms in total. The SMILES string of the molecule is Cl.O=C(c1ccccc1)N1CCCCC1. The number of carbonyl (C=O) groups excluding carboxylic acids is 1. The summed E-state index contributed by atoms with van der Waals surface area (Å²) in [5.41, 5.74) is 0.814. The van der Waals surface area contributed by atoms with Crippen LogP contribution in [-0.4, -0.2) is 23.9 Å². The van der Waals surface area contributed by atoms with Crippen molar-refractivity contribution in [1.82, 2.24) is 4.90 Å². The standard InChI is InChI=1S/C12H15NO.ClH/c14-12(11-7-3-1-4-8-11)13-9-5-2-6-10-13;/h1,3-4,7-8H,2,5-6,9-10H2;1H. The second-order valence-corrected chi connectivity index (χ2v) is 3.72. The van der Waals surface area contributed by atoms with E-state index in [-0.39, 0.29) is 18.3 Å². The number of nitrogens with zero attached hydrogens (tertiary/aromatic N) is 1. The van der Waals surface area contributed by atoms with Crippen LogP contribution in [0, 0.1) is 0 Å². The second kappa shape index (κ2) is 5.76. The van der Waals surface area contributed by atoms with Crippen molar-refractivity contribution in [2.45, 2.75) is 19.3 Å². The summed E-state index contributed by atoms with van der Waals surface area (Å²) < 4.78 is 0. The van der Waals surface area contributed by atoms with E-state index in [1.165, 1.54) is 6.42 Å². The van der Waals surface area contributed by atoms with E-state index < -0.39 is 0 Å². The predicted molar refractivity (Wildman–Crippen MR) is 63.4 cm³/mol. The molecule has 0 aliphatic carbocycles. The molecule has 1 heterocycles. The summed E-state index contributed by atoms with van der Waals surface area (Å²) in [4.78, 5) is 13.9. The van der Waals surface area contributed by atoms with Gasteiger partial charge in [-0.3, -0.25) is 4.79 Å². The van der Waals surface area contributed by atoms with E-state index in [2.05, 4.69) is 0 Å². The number of hydrogen-bond acceptors (Lipinski definition) is 1. The highest BCUT2D eigenvalue weighted by atomic mass is 35.5. The van der Waals surface area contributed by atoms with Crippen LogP contribution in [0.2, 0.25) is 0 Å². The molecule has 0 spiro atoms. The first-order valence-corrected chi connectivity index (χ1v) is 5.22. The maximum absolute atomic E-state index is 11.9. The summed E-state index contributed by atoms with van der Waals surface area (Å²) in [5.74, 6) is 0.185. The van der Waals surface area contributed by atoms with Crippen LogP contribution in [0.5, 0.6) is 0 Å². The highest BCUT2D eigenvalue weighted by Crippen LogP contribution is 2.12. The molecule has 1 aromatic rings. The largest absolute Gasteiger partial charge is 0.339 e. The molecule has 0 saturated carbocycles. The first-order valence-electron chi connectivity index (χ1n) is 5.22. The number of amides is 1. The van der Waals surface area contributed by atoms with Crippen molar-refractivity contribution >= 4 is 18.3 Å². The fourth-order valence-corrected chi connectivity index (χ4v) is 1.86. The van der Waals surface area contributed by atoms with Crippen LogP contribution >= 0.6 is 12.4 Å². The Balaban J connectivity index is 0.00000112. The lowest BCUT2D eigenvalue weighted by molar-refractivity contribution is 0.0724. The van der Waals surface area contributed by atoms with Crippen molar-refractivity contribution in [1.29, 1.82) is 0 Å². The van der Waals surface area contributed by atoms with Gasteiger partial charge in [0.1, 0.15) is 0 Å². The van der Waals surface area contributed by atoms with Gasteiger partial charge in [0.05, 0.1) is 0 Å². The van der Waals surface area contributed by atoms with Gasteiger partial charge in [-0.05, 0) is 31.4 Å². The summed E-state index contributed by atoms with van der Waals surface area (Å²) in [6.07, 6.45) is 3.57. The number of likely N-dealkylation sites (tertiary alicyclic amines) is 1. The van der Waals surface area contributed by atoms with Crippen molar-refractivity contribution in [3.63, 3.8) is 0 Å². The van der Waals surface area contributed by atoms with Crippen LogP contribution in [0.4, 0.5) is 0 Å². The Morgan fingerprint density at radius 2 is 1.60 bits per heavy atom. The highest BCUT2D eigenvalue weighted by Gasteiger charge is 2.17. The molecule has 0 unspecified atom stereocenters. The van der Waals surface area contributed by atoms with Crippen LogP contribution in [0.15, 0.2) is 30.3 Å². The Labute approximate surface area is 96.7 Å². The Bertz CT molecular complexity index is 307. The molecule has 0 radical (unpaired) electrons. The van der Waals surface area contributed by atoms with Gasteiger partial charge in [-0.1, -0.05) is 18.2 Å². The molecule has 3 heteroatoms. The lowest BCUT2D eigenvalue weighted by Crippen LogP contribution is -2.35. The van der Waals surface area contributed by atoms with Crippen molar-refractivity contribution in [2.24, 2.45) is 0 Å². The van der Waals surface area contributed by atoms with Gasteiger partial charge in [0.2, 0.25) is 0 Å². The maximum Gasteiger partial charge on any atom is 0.253 e. The highest BCUT2D eigenvalue weighted by molar-refractivity contribution is 5.94. The molecular formula is C12H16ClNO.